The van der Waals surface area contributed by atoms with E-state index in [2.05, 4.69) is 22.0 Å². The Morgan fingerprint density at radius 2 is 1.77 bits per heavy atom. The van der Waals surface area contributed by atoms with Gasteiger partial charge in [0.15, 0.2) is 0 Å². The molecule has 3 aromatic rings. The molecule has 0 aliphatic heterocycles. The van der Waals surface area contributed by atoms with Crippen LogP contribution in [0.4, 0.5) is 4.39 Å². The van der Waals surface area contributed by atoms with Crippen LogP contribution in [0.15, 0.2) is 77.3 Å². The minimum atomic E-state index is -0.361. The Hall–Kier alpha value is -2.90. The monoisotopic (exact) mass is 407 g/mol. The lowest BCUT2D eigenvalue weighted by atomic mass is 10.0. The summed E-state index contributed by atoms with van der Waals surface area (Å²) in [6.07, 6.45) is 1.73. The molecule has 0 aliphatic rings. The predicted molar refractivity (Wildman–Crippen MR) is 105 cm³/mol. The third-order valence-electron chi connectivity index (χ3n) is 3.77. The minimum absolute atomic E-state index is 0.361. The van der Waals surface area contributed by atoms with Crippen molar-refractivity contribution in [2.75, 3.05) is 0 Å². The lowest BCUT2D eigenvalue weighted by molar-refractivity contribution is 0.306. The molecule has 0 saturated heterocycles. The van der Waals surface area contributed by atoms with E-state index in [0.29, 0.717) is 17.7 Å². The van der Waals surface area contributed by atoms with Crippen molar-refractivity contribution in [1.82, 2.24) is 0 Å². The van der Waals surface area contributed by atoms with Crippen LogP contribution in [0.1, 0.15) is 16.7 Å². The summed E-state index contributed by atoms with van der Waals surface area (Å²) in [4.78, 5) is 0. The maximum Gasteiger partial charge on any atom is 0.123 e. The van der Waals surface area contributed by atoms with Gasteiger partial charge in [-0.15, -0.1) is 0 Å². The molecule has 0 atom stereocenters. The van der Waals surface area contributed by atoms with Crippen molar-refractivity contribution >= 4 is 27.6 Å². The van der Waals surface area contributed by atoms with Gasteiger partial charge >= 0.3 is 0 Å². The predicted octanol–water partition coefficient (Wildman–Crippen LogP) is 6.23. The van der Waals surface area contributed by atoms with Crippen LogP contribution in [0.2, 0.25) is 0 Å². The van der Waals surface area contributed by atoms with Crippen molar-refractivity contribution in [2.45, 2.75) is 6.61 Å². The molecule has 0 spiro atoms. The minimum Gasteiger partial charge on any atom is -0.489 e. The summed E-state index contributed by atoms with van der Waals surface area (Å²) in [5.41, 5.74) is 2.90. The largest absolute Gasteiger partial charge is 0.489 e. The van der Waals surface area contributed by atoms with E-state index < -0.39 is 0 Å². The first-order valence-corrected chi connectivity index (χ1v) is 8.78. The molecular formula is C22H15BrFNO. The fourth-order valence-electron chi connectivity index (χ4n) is 2.41. The number of nitriles is 1. The van der Waals surface area contributed by atoms with Crippen molar-refractivity contribution < 1.29 is 9.13 Å². The SMILES string of the molecule is N#C/C(=C/c1ccc(OCc2ccc(Br)cc2)cc1)c1cccc(F)c1. The Labute approximate surface area is 160 Å². The smallest absolute Gasteiger partial charge is 0.123 e. The highest BCUT2D eigenvalue weighted by Crippen LogP contribution is 2.21. The van der Waals surface area contributed by atoms with Gasteiger partial charge in [0, 0.05) is 4.47 Å². The Morgan fingerprint density at radius 3 is 2.42 bits per heavy atom. The number of rotatable bonds is 5. The average molecular weight is 408 g/mol. The molecule has 0 unspecified atom stereocenters. The van der Waals surface area contributed by atoms with Crippen LogP contribution in [0.3, 0.4) is 0 Å². The second kappa shape index (κ2) is 8.46. The molecule has 0 amide bonds. The normalized spacial score (nSPS) is 11.0. The molecule has 26 heavy (non-hydrogen) atoms. The number of hydrogen-bond acceptors (Lipinski definition) is 2. The van der Waals surface area contributed by atoms with Gasteiger partial charge in [0.05, 0.1) is 11.6 Å². The Bertz CT molecular complexity index is 957. The molecule has 0 fully saturated rings. The quantitative estimate of drug-likeness (QED) is 0.370. The molecule has 0 heterocycles. The van der Waals surface area contributed by atoms with Gasteiger partial charge in [0.2, 0.25) is 0 Å². The van der Waals surface area contributed by atoms with E-state index in [1.54, 1.807) is 18.2 Å². The van der Waals surface area contributed by atoms with E-state index in [0.717, 1.165) is 21.3 Å². The van der Waals surface area contributed by atoms with E-state index in [-0.39, 0.29) is 5.82 Å². The topological polar surface area (TPSA) is 33.0 Å². The summed E-state index contributed by atoms with van der Waals surface area (Å²) in [5, 5.41) is 9.35. The number of halogens is 2. The molecule has 0 N–H and O–H groups in total. The van der Waals surface area contributed by atoms with Crippen molar-refractivity contribution in [3.05, 3.63) is 99.8 Å². The van der Waals surface area contributed by atoms with Gasteiger partial charge in [0.25, 0.3) is 0 Å². The summed E-state index contributed by atoms with van der Waals surface area (Å²) in [7, 11) is 0. The molecule has 3 rings (SSSR count). The van der Waals surface area contributed by atoms with Crippen molar-refractivity contribution in [2.24, 2.45) is 0 Å². The van der Waals surface area contributed by atoms with E-state index in [9.17, 15) is 9.65 Å². The Morgan fingerprint density at radius 1 is 1.04 bits per heavy atom. The number of allylic oxidation sites excluding steroid dienone is 1. The van der Waals surface area contributed by atoms with Gasteiger partial charge < -0.3 is 4.74 Å². The zero-order valence-corrected chi connectivity index (χ0v) is 15.4. The Kier molecular flexibility index (Phi) is 5.83. The van der Waals surface area contributed by atoms with Gasteiger partial charge in [-0.2, -0.15) is 5.26 Å². The second-order valence-electron chi connectivity index (χ2n) is 5.66. The zero-order chi connectivity index (χ0) is 18.4. The van der Waals surface area contributed by atoms with Crippen LogP contribution in [0, 0.1) is 17.1 Å². The standard InChI is InChI=1S/C22H15BrFNO/c23-20-8-4-17(5-9-20)15-26-22-10-6-16(7-11-22)12-19(14-25)18-2-1-3-21(24)13-18/h1-13H,15H2/b19-12-. The number of benzene rings is 3. The third-order valence-corrected chi connectivity index (χ3v) is 4.29. The molecule has 0 bridgehead atoms. The van der Waals surface area contributed by atoms with Gasteiger partial charge in [-0.25, -0.2) is 4.39 Å². The highest BCUT2D eigenvalue weighted by molar-refractivity contribution is 9.10. The fraction of sp³-hybridized carbons (Fsp3) is 0.0455. The molecule has 128 valence electrons. The second-order valence-corrected chi connectivity index (χ2v) is 6.58. The molecule has 0 radical (unpaired) electrons. The maximum absolute atomic E-state index is 13.3. The van der Waals surface area contributed by atoms with Crippen molar-refractivity contribution in [3.8, 4) is 11.8 Å². The first kappa shape index (κ1) is 17.9. The van der Waals surface area contributed by atoms with Crippen LogP contribution in [0.5, 0.6) is 5.75 Å². The van der Waals surface area contributed by atoms with Gasteiger partial charge in [-0.1, -0.05) is 52.3 Å². The summed E-state index contributed by atoms with van der Waals surface area (Å²) < 4.78 is 20.1. The first-order chi connectivity index (χ1) is 12.6. The highest BCUT2D eigenvalue weighted by Gasteiger charge is 2.03. The average Bonchev–Trinajstić information content (AvgIpc) is 2.66. The molecule has 4 heteroatoms. The molecule has 0 saturated carbocycles. The number of nitrogens with zero attached hydrogens (tertiary/aromatic N) is 1. The fourth-order valence-corrected chi connectivity index (χ4v) is 2.67. The van der Waals surface area contributed by atoms with Crippen LogP contribution in [-0.2, 0) is 6.61 Å². The number of ether oxygens (including phenoxy) is 1. The maximum atomic E-state index is 13.3. The summed E-state index contributed by atoms with van der Waals surface area (Å²) in [6, 6.07) is 23.5. The van der Waals surface area contributed by atoms with E-state index in [4.69, 9.17) is 4.74 Å². The van der Waals surface area contributed by atoms with Crippen molar-refractivity contribution in [1.29, 1.82) is 5.26 Å². The lowest BCUT2D eigenvalue weighted by Crippen LogP contribution is -1.94. The van der Waals surface area contributed by atoms with Crippen LogP contribution >= 0.6 is 15.9 Å². The first-order valence-electron chi connectivity index (χ1n) is 7.99. The van der Waals surface area contributed by atoms with E-state index in [1.165, 1.54) is 12.1 Å². The third kappa shape index (κ3) is 4.81. The van der Waals surface area contributed by atoms with Crippen molar-refractivity contribution in [3.63, 3.8) is 0 Å². The number of hydrogen-bond donors (Lipinski definition) is 0. The molecule has 2 nitrogen and oxygen atoms in total. The molecule has 0 aromatic heterocycles. The van der Waals surface area contributed by atoms with Gasteiger partial charge in [0.1, 0.15) is 18.2 Å². The zero-order valence-electron chi connectivity index (χ0n) is 13.8. The van der Waals surface area contributed by atoms with Gasteiger partial charge in [-0.3, -0.25) is 0 Å². The summed E-state index contributed by atoms with van der Waals surface area (Å²) in [5.74, 6) is 0.384. The molecule has 0 aliphatic carbocycles. The lowest BCUT2D eigenvalue weighted by Gasteiger charge is -2.07. The molecular weight excluding hydrogens is 393 g/mol. The molecule has 3 aromatic carbocycles. The van der Waals surface area contributed by atoms with Crippen LogP contribution in [-0.4, -0.2) is 0 Å². The van der Waals surface area contributed by atoms with Gasteiger partial charge in [-0.05, 0) is 59.2 Å². The van der Waals surface area contributed by atoms with E-state index >= 15 is 0 Å². The summed E-state index contributed by atoms with van der Waals surface area (Å²) >= 11 is 3.41. The van der Waals surface area contributed by atoms with Crippen LogP contribution < -0.4 is 4.74 Å². The highest BCUT2D eigenvalue weighted by atomic mass is 79.9. The summed E-state index contributed by atoms with van der Waals surface area (Å²) in [6.45, 7) is 0.481. The Balaban J connectivity index is 1.70. The van der Waals surface area contributed by atoms with Crippen LogP contribution in [0.25, 0.3) is 11.6 Å². The van der Waals surface area contributed by atoms with E-state index in [1.807, 2.05) is 48.5 Å².